The molecule has 0 saturated heterocycles. The van der Waals surface area contributed by atoms with Crippen molar-refractivity contribution in [2.75, 3.05) is 0 Å². The van der Waals surface area contributed by atoms with E-state index in [1.807, 2.05) is 32.9 Å². The molecule has 1 rings (SSSR count). The monoisotopic (exact) mass is 673 g/mol. The topological polar surface area (TPSA) is 17.1 Å². The third kappa shape index (κ3) is 38.0. The molecule has 1 aromatic rings. The number of aryl methyl sites for hydroxylation is 3. The summed E-state index contributed by atoms with van der Waals surface area (Å²) in [5, 5.41) is 0. The fourth-order valence-corrected chi connectivity index (χ4v) is 2.37. The zero-order valence-corrected chi connectivity index (χ0v) is 35.3. The van der Waals surface area contributed by atoms with Crippen LogP contribution in [0.4, 0.5) is 0 Å². The zero-order chi connectivity index (χ0) is 26.8. The first kappa shape index (κ1) is 44.3. The average molecular weight is 671 g/mol. The third-order valence-corrected chi connectivity index (χ3v) is 20.4. The largest absolute Gasteiger partial charge is 0 e. The van der Waals surface area contributed by atoms with Crippen LogP contribution in [0, 0.1) is 20.8 Å². The Bertz CT molecular complexity index is 534. The van der Waals surface area contributed by atoms with Crippen LogP contribution in [-0.4, -0.2) is 89.6 Å². The second-order valence-electron chi connectivity index (χ2n) is 10.1. The van der Waals surface area contributed by atoms with Crippen molar-refractivity contribution in [1.82, 2.24) is 0 Å². The first-order chi connectivity index (χ1) is 14.3. The molecule has 0 aliphatic carbocycles. The quantitative estimate of drug-likeness (QED) is 0.306. The number of rotatable bonds is 3. The minimum Gasteiger partial charge on any atom is 0 e. The molecule has 0 amide bonds. The minimum absolute atomic E-state index is 0. The van der Waals surface area contributed by atoms with Gasteiger partial charge in [0.2, 0.25) is 0 Å². The van der Waals surface area contributed by atoms with Gasteiger partial charge in [0.05, 0.1) is 0 Å². The number of benzene rings is 1. The predicted octanol–water partition coefficient (Wildman–Crippen LogP) is 7.43. The molecule has 9 heteroatoms. The Balaban J connectivity index is -0.000000107. The molecule has 0 heterocycles. The Hall–Kier alpha value is 1.28. The molecule has 0 aliphatic heterocycles. The van der Waals surface area contributed by atoms with Crippen LogP contribution >= 0.6 is 0 Å². The second-order valence-corrected chi connectivity index (χ2v) is 37.1. The summed E-state index contributed by atoms with van der Waals surface area (Å²) in [5.41, 5.74) is 4.26. The third-order valence-electron chi connectivity index (χ3n) is 3.90. The van der Waals surface area contributed by atoms with Gasteiger partial charge in [-0.25, -0.2) is 0 Å². The normalized spacial score (nSPS) is 9.82. The van der Waals surface area contributed by atoms with Crippen molar-refractivity contribution >= 4 is 89.6 Å². The van der Waals surface area contributed by atoms with Gasteiger partial charge in [0.15, 0.2) is 0 Å². The van der Waals surface area contributed by atoms with E-state index in [1.165, 1.54) is 5.56 Å². The van der Waals surface area contributed by atoms with Crippen molar-refractivity contribution in [3.63, 3.8) is 0 Å². The Morgan fingerprint density at radius 1 is 0.576 bits per heavy atom. The Morgan fingerprint density at radius 2 is 0.758 bits per heavy atom. The molecule has 0 aromatic heterocycles. The summed E-state index contributed by atoms with van der Waals surface area (Å²) in [5.74, 6) is 0. The Morgan fingerprint density at radius 3 is 0.879 bits per heavy atom. The van der Waals surface area contributed by atoms with E-state index in [2.05, 4.69) is 91.7 Å². The molecule has 0 unspecified atom stereocenters. The van der Waals surface area contributed by atoms with Crippen LogP contribution in [0.1, 0.15) is 27.0 Å². The standard InChI is InChI=1S/C10H11GeO.2C4H12Si2.2C3H9Si.Ge/c1-6-4-7(2)9(10(11)12)8(3)5-6;2*1-5(2)6(3)4;2*1-4(2)3;/h4-5H,1-3H3;2*1-4H3;2*1-3H3;. The van der Waals surface area contributed by atoms with Gasteiger partial charge in [-0.3, -0.25) is 0 Å². The van der Waals surface area contributed by atoms with Crippen LogP contribution in [0.3, 0.4) is 0 Å². The zero-order valence-electron chi connectivity index (χ0n) is 25.1. The van der Waals surface area contributed by atoms with Gasteiger partial charge in [0.1, 0.15) is 0 Å². The molecule has 0 N–H and O–H groups in total. The maximum absolute atomic E-state index is 11.2. The van der Waals surface area contributed by atoms with E-state index in [1.54, 1.807) is 16.5 Å². The second kappa shape index (κ2) is 26.3. The molecule has 1 aromatic carbocycles. The summed E-state index contributed by atoms with van der Waals surface area (Å²) in [6.45, 7) is 38.7. The summed E-state index contributed by atoms with van der Waals surface area (Å²) >= 11 is 1.62. The van der Waals surface area contributed by atoms with Gasteiger partial charge in [-0.2, -0.15) is 0 Å². The molecule has 13 radical (unpaired) electrons. The van der Waals surface area contributed by atoms with E-state index in [9.17, 15) is 4.79 Å². The molecule has 0 spiro atoms. The molecular weight excluding hydrogens is 618 g/mol. The van der Waals surface area contributed by atoms with E-state index >= 15 is 0 Å². The predicted molar refractivity (Wildman–Crippen MR) is 173 cm³/mol. The van der Waals surface area contributed by atoms with Gasteiger partial charge in [-0.15, -0.1) is 0 Å². The van der Waals surface area contributed by atoms with Gasteiger partial charge in [-0.1, -0.05) is 91.7 Å². The summed E-state index contributed by atoms with van der Waals surface area (Å²) in [7, 11) is 0.842. The molecule has 0 saturated carbocycles. The van der Waals surface area contributed by atoms with E-state index in [4.69, 9.17) is 0 Å². The van der Waals surface area contributed by atoms with E-state index in [0.717, 1.165) is 16.7 Å². The maximum Gasteiger partial charge on any atom is 0 e. The van der Waals surface area contributed by atoms with Gasteiger partial charge in [0, 0.05) is 68.4 Å². The van der Waals surface area contributed by atoms with Crippen molar-refractivity contribution in [3.8, 4) is 0 Å². The summed E-state index contributed by atoms with van der Waals surface area (Å²) in [6.07, 6.45) is 0. The van der Waals surface area contributed by atoms with Crippen molar-refractivity contribution in [2.24, 2.45) is 0 Å². The smallest absolute Gasteiger partial charge is 0 e. The summed E-state index contributed by atoms with van der Waals surface area (Å²) in [4.78, 5) is 11.2. The van der Waals surface area contributed by atoms with E-state index in [-0.39, 0.29) is 73.1 Å². The molecule has 0 bridgehead atoms. The van der Waals surface area contributed by atoms with Crippen molar-refractivity contribution < 1.29 is 4.79 Å². The molecule has 0 aliphatic rings. The van der Waals surface area contributed by atoms with Crippen LogP contribution in [-0.2, 0) is 0 Å². The number of hydrogen-bond donors (Lipinski definition) is 0. The molecular formula is C24H53Ge2OSi6. The van der Waals surface area contributed by atoms with Crippen LogP contribution in [0.5, 0.6) is 0 Å². The Labute approximate surface area is 239 Å². The first-order valence-corrected chi connectivity index (χ1v) is 30.4. The average Bonchev–Trinajstić information content (AvgIpc) is 2.53. The van der Waals surface area contributed by atoms with Crippen LogP contribution in [0.15, 0.2) is 12.1 Å². The molecule has 0 fully saturated rings. The molecule has 1 nitrogen and oxygen atoms in total. The maximum atomic E-state index is 11.2. The van der Waals surface area contributed by atoms with Crippen molar-refractivity contribution in [3.05, 3.63) is 34.4 Å². The Kier molecular flexibility index (Phi) is 35.4. The van der Waals surface area contributed by atoms with E-state index < -0.39 is 0 Å². The molecule has 187 valence electrons. The van der Waals surface area contributed by atoms with Crippen molar-refractivity contribution in [2.45, 2.75) is 112 Å². The van der Waals surface area contributed by atoms with Crippen LogP contribution in [0.25, 0.3) is 0 Å². The SMILES string of the molecule is C[Si](C)C.C[Si](C)C.C[Si](C)[Si](C)C.C[Si](C)[Si](C)C.Cc1cc(C)c([C](=O)[Ge])c(C)c1.[Ge]. The summed E-state index contributed by atoms with van der Waals surface area (Å²) < 4.78 is 0.157. The fraction of sp³-hybridized carbons (Fsp3) is 0.708. The van der Waals surface area contributed by atoms with Crippen molar-refractivity contribution in [1.29, 1.82) is 0 Å². The van der Waals surface area contributed by atoms with Gasteiger partial charge in [0.25, 0.3) is 0 Å². The molecule has 0 atom stereocenters. The van der Waals surface area contributed by atoms with Crippen LogP contribution in [0.2, 0.25) is 91.7 Å². The van der Waals surface area contributed by atoms with E-state index in [0.29, 0.717) is 0 Å². The number of hydrogen-bond acceptors (Lipinski definition) is 1. The first-order valence-electron chi connectivity index (χ1n) is 11.4. The van der Waals surface area contributed by atoms with Gasteiger partial charge in [-0.05, 0) is 0 Å². The number of carbonyl (C=O) groups is 1. The number of carbonyl (C=O) groups excluding carboxylic acids is 1. The van der Waals surface area contributed by atoms with Gasteiger partial charge >= 0.3 is 81.1 Å². The summed E-state index contributed by atoms with van der Waals surface area (Å²) in [6, 6.07) is 4.09. The van der Waals surface area contributed by atoms with Gasteiger partial charge < -0.3 is 0 Å². The fourth-order valence-electron chi connectivity index (χ4n) is 1.54. The van der Waals surface area contributed by atoms with Crippen LogP contribution < -0.4 is 0 Å². The molecule has 33 heavy (non-hydrogen) atoms. The minimum atomic E-state index is 0.